The molecule has 0 amide bonds. The average molecular weight is 254 g/mol. The van der Waals surface area contributed by atoms with Crippen LogP contribution >= 0.6 is 11.8 Å². The molecule has 1 aromatic rings. The predicted molar refractivity (Wildman–Crippen MR) is 65.6 cm³/mol. The molecule has 0 heterocycles. The van der Waals surface area contributed by atoms with Gasteiger partial charge in [-0.1, -0.05) is 12.8 Å². The predicted octanol–water partition coefficient (Wildman–Crippen LogP) is 3.56. The van der Waals surface area contributed by atoms with Gasteiger partial charge < -0.3 is 5.11 Å². The van der Waals surface area contributed by atoms with Gasteiger partial charge in [-0.2, -0.15) is 0 Å². The molecule has 1 aromatic carbocycles. The molecule has 1 saturated carbocycles. The molecule has 1 fully saturated rings. The first-order chi connectivity index (χ1) is 8.16. The molecule has 17 heavy (non-hydrogen) atoms. The standard InChI is InChI=1S/C13H15FO2S/c14-10-5-7-11(8-6-10)17-12(13(15)16)9-3-1-2-4-9/h5-9,12H,1-4H2,(H,15,16). The molecule has 1 aliphatic carbocycles. The normalized spacial score (nSPS) is 18.2. The van der Waals surface area contributed by atoms with Crippen LogP contribution < -0.4 is 0 Å². The van der Waals surface area contributed by atoms with E-state index >= 15 is 0 Å². The molecule has 0 aromatic heterocycles. The first kappa shape index (κ1) is 12.4. The lowest BCUT2D eigenvalue weighted by atomic mass is 10.0. The molecule has 92 valence electrons. The molecule has 0 bridgehead atoms. The fourth-order valence-electron chi connectivity index (χ4n) is 2.27. The molecule has 4 heteroatoms. The molecular weight excluding hydrogens is 239 g/mol. The minimum Gasteiger partial charge on any atom is -0.480 e. The van der Waals surface area contributed by atoms with E-state index < -0.39 is 11.2 Å². The van der Waals surface area contributed by atoms with E-state index in [-0.39, 0.29) is 11.7 Å². The monoisotopic (exact) mass is 254 g/mol. The topological polar surface area (TPSA) is 37.3 Å². The SMILES string of the molecule is O=C(O)C(Sc1ccc(F)cc1)C1CCCC1. The number of hydrogen-bond acceptors (Lipinski definition) is 2. The lowest BCUT2D eigenvalue weighted by Crippen LogP contribution is -2.24. The van der Waals surface area contributed by atoms with Crippen LogP contribution in [0.5, 0.6) is 0 Å². The number of rotatable bonds is 4. The summed E-state index contributed by atoms with van der Waals surface area (Å²) in [6, 6.07) is 6.03. The van der Waals surface area contributed by atoms with Crippen molar-refractivity contribution in [1.29, 1.82) is 0 Å². The summed E-state index contributed by atoms with van der Waals surface area (Å²) < 4.78 is 12.8. The van der Waals surface area contributed by atoms with E-state index in [1.54, 1.807) is 12.1 Å². The Labute approximate surface area is 104 Å². The van der Waals surface area contributed by atoms with Gasteiger partial charge in [-0.05, 0) is 43.0 Å². The molecule has 0 spiro atoms. The van der Waals surface area contributed by atoms with Gasteiger partial charge in [0.05, 0.1) is 0 Å². The molecule has 0 aliphatic heterocycles. The van der Waals surface area contributed by atoms with Gasteiger partial charge in [-0.25, -0.2) is 4.39 Å². The van der Waals surface area contributed by atoms with Crippen molar-refractivity contribution in [2.45, 2.75) is 35.8 Å². The van der Waals surface area contributed by atoms with Gasteiger partial charge >= 0.3 is 5.97 Å². The van der Waals surface area contributed by atoms with Gasteiger partial charge in [0.15, 0.2) is 0 Å². The number of hydrogen-bond donors (Lipinski definition) is 1. The Morgan fingerprint density at radius 3 is 2.41 bits per heavy atom. The van der Waals surface area contributed by atoms with Crippen LogP contribution in [0, 0.1) is 11.7 Å². The van der Waals surface area contributed by atoms with Gasteiger partial charge in [0, 0.05) is 4.90 Å². The zero-order chi connectivity index (χ0) is 12.3. The Hall–Kier alpha value is -1.03. The van der Waals surface area contributed by atoms with E-state index in [1.807, 2.05) is 0 Å². The minimum atomic E-state index is -0.758. The summed E-state index contributed by atoms with van der Waals surface area (Å²) in [7, 11) is 0. The number of benzene rings is 1. The summed E-state index contributed by atoms with van der Waals surface area (Å²) in [6.07, 6.45) is 4.23. The average Bonchev–Trinajstić information content (AvgIpc) is 2.81. The summed E-state index contributed by atoms with van der Waals surface area (Å²) in [6.45, 7) is 0. The van der Waals surface area contributed by atoms with E-state index in [4.69, 9.17) is 0 Å². The zero-order valence-electron chi connectivity index (χ0n) is 9.43. The van der Waals surface area contributed by atoms with Crippen molar-refractivity contribution in [3.05, 3.63) is 30.1 Å². The second-order valence-electron chi connectivity index (χ2n) is 4.38. The summed E-state index contributed by atoms with van der Waals surface area (Å²) in [5.74, 6) is -0.795. The van der Waals surface area contributed by atoms with Crippen molar-refractivity contribution in [3.8, 4) is 0 Å². The molecule has 1 N–H and O–H groups in total. The first-order valence-corrected chi connectivity index (χ1v) is 6.70. The Morgan fingerprint density at radius 2 is 1.88 bits per heavy atom. The highest BCUT2D eigenvalue weighted by Gasteiger charge is 2.31. The van der Waals surface area contributed by atoms with E-state index in [0.717, 1.165) is 30.6 Å². The Kier molecular flexibility index (Phi) is 4.05. The Bertz CT molecular complexity index is 385. The van der Waals surface area contributed by atoms with Crippen LogP contribution in [0.2, 0.25) is 0 Å². The quantitative estimate of drug-likeness (QED) is 0.835. The lowest BCUT2D eigenvalue weighted by molar-refractivity contribution is -0.137. The van der Waals surface area contributed by atoms with Crippen LogP contribution in [0.25, 0.3) is 0 Å². The molecular formula is C13H15FO2S. The van der Waals surface area contributed by atoms with E-state index in [0.29, 0.717) is 0 Å². The van der Waals surface area contributed by atoms with Crippen molar-refractivity contribution in [1.82, 2.24) is 0 Å². The summed E-state index contributed by atoms with van der Waals surface area (Å²) in [4.78, 5) is 12.1. The summed E-state index contributed by atoms with van der Waals surface area (Å²) in [5.41, 5.74) is 0. The highest BCUT2D eigenvalue weighted by molar-refractivity contribution is 8.00. The Morgan fingerprint density at radius 1 is 1.29 bits per heavy atom. The summed E-state index contributed by atoms with van der Waals surface area (Å²) in [5, 5.41) is 8.85. The Balaban J connectivity index is 2.06. The fourth-order valence-corrected chi connectivity index (χ4v) is 3.42. The molecule has 1 atom stereocenters. The van der Waals surface area contributed by atoms with E-state index in [1.165, 1.54) is 23.9 Å². The van der Waals surface area contributed by atoms with Crippen LogP contribution in [0.1, 0.15) is 25.7 Å². The van der Waals surface area contributed by atoms with Crippen molar-refractivity contribution < 1.29 is 14.3 Å². The molecule has 2 nitrogen and oxygen atoms in total. The summed E-state index contributed by atoms with van der Waals surface area (Å²) >= 11 is 1.34. The maximum absolute atomic E-state index is 12.8. The maximum Gasteiger partial charge on any atom is 0.317 e. The van der Waals surface area contributed by atoms with Crippen LogP contribution in [-0.4, -0.2) is 16.3 Å². The number of carboxylic acid groups (broad SMARTS) is 1. The van der Waals surface area contributed by atoms with Gasteiger partial charge in [0.25, 0.3) is 0 Å². The second kappa shape index (κ2) is 5.54. The molecule has 1 unspecified atom stereocenters. The van der Waals surface area contributed by atoms with Crippen molar-refractivity contribution in [2.75, 3.05) is 0 Å². The smallest absolute Gasteiger partial charge is 0.317 e. The number of thioether (sulfide) groups is 1. The molecule has 0 radical (unpaired) electrons. The van der Waals surface area contributed by atoms with E-state index in [9.17, 15) is 14.3 Å². The van der Waals surface area contributed by atoms with Gasteiger partial charge in [0.1, 0.15) is 11.1 Å². The highest BCUT2D eigenvalue weighted by atomic mass is 32.2. The third-order valence-corrected chi connectivity index (χ3v) is 4.53. The third kappa shape index (κ3) is 3.22. The molecule has 2 rings (SSSR count). The number of halogens is 1. The van der Waals surface area contributed by atoms with Crippen LogP contribution in [0.4, 0.5) is 4.39 Å². The lowest BCUT2D eigenvalue weighted by Gasteiger charge is -2.18. The second-order valence-corrected chi connectivity index (χ2v) is 5.59. The van der Waals surface area contributed by atoms with Crippen molar-refractivity contribution in [2.24, 2.45) is 5.92 Å². The van der Waals surface area contributed by atoms with Gasteiger partial charge in [0.2, 0.25) is 0 Å². The largest absolute Gasteiger partial charge is 0.480 e. The third-order valence-electron chi connectivity index (χ3n) is 3.15. The van der Waals surface area contributed by atoms with Crippen molar-refractivity contribution in [3.63, 3.8) is 0 Å². The number of aliphatic carboxylic acids is 1. The zero-order valence-corrected chi connectivity index (χ0v) is 10.3. The fraction of sp³-hybridized carbons (Fsp3) is 0.462. The van der Waals surface area contributed by atoms with Crippen molar-refractivity contribution >= 4 is 17.7 Å². The maximum atomic E-state index is 12.8. The first-order valence-electron chi connectivity index (χ1n) is 5.82. The number of carbonyl (C=O) groups is 1. The molecule has 1 aliphatic rings. The van der Waals surface area contributed by atoms with Gasteiger partial charge in [-0.3, -0.25) is 4.79 Å². The molecule has 0 saturated heterocycles. The highest BCUT2D eigenvalue weighted by Crippen LogP contribution is 2.37. The van der Waals surface area contributed by atoms with Crippen LogP contribution in [0.15, 0.2) is 29.2 Å². The van der Waals surface area contributed by atoms with E-state index in [2.05, 4.69) is 0 Å². The minimum absolute atomic E-state index is 0.252. The van der Waals surface area contributed by atoms with Crippen LogP contribution in [-0.2, 0) is 4.79 Å². The van der Waals surface area contributed by atoms with Gasteiger partial charge in [-0.15, -0.1) is 11.8 Å². The number of carboxylic acids is 1. The van der Waals surface area contributed by atoms with Crippen LogP contribution in [0.3, 0.4) is 0 Å².